The molecule has 132 valence electrons. The molecule has 0 saturated carbocycles. The van der Waals surface area contributed by atoms with Crippen LogP contribution in [0.3, 0.4) is 0 Å². The number of ketones is 1. The molecule has 0 unspecified atom stereocenters. The Morgan fingerprint density at radius 2 is 1.77 bits per heavy atom. The summed E-state index contributed by atoms with van der Waals surface area (Å²) in [6, 6.07) is 13.1. The number of hydrogen-bond donors (Lipinski definition) is 1. The van der Waals surface area contributed by atoms with Gasteiger partial charge in [0.15, 0.2) is 11.5 Å². The fourth-order valence-corrected chi connectivity index (χ4v) is 2.64. The van der Waals surface area contributed by atoms with Gasteiger partial charge >= 0.3 is 0 Å². The topological polar surface area (TPSA) is 64.0 Å². The van der Waals surface area contributed by atoms with Crippen molar-refractivity contribution >= 4 is 17.4 Å². The van der Waals surface area contributed by atoms with Crippen LogP contribution < -0.4 is 5.32 Å². The number of carbonyl (C=O) groups is 2. The van der Waals surface area contributed by atoms with E-state index in [2.05, 4.69) is 10.4 Å². The fourth-order valence-electron chi connectivity index (χ4n) is 2.64. The van der Waals surface area contributed by atoms with E-state index in [4.69, 9.17) is 0 Å². The zero-order valence-electron chi connectivity index (χ0n) is 14.7. The van der Waals surface area contributed by atoms with Gasteiger partial charge in [-0.2, -0.15) is 5.10 Å². The molecule has 0 spiro atoms. The predicted octanol–water partition coefficient (Wildman–Crippen LogP) is 3.99. The van der Waals surface area contributed by atoms with Crippen molar-refractivity contribution in [3.63, 3.8) is 0 Å². The lowest BCUT2D eigenvalue weighted by atomic mass is 10.1. The molecule has 2 aromatic carbocycles. The molecule has 3 rings (SSSR count). The van der Waals surface area contributed by atoms with E-state index in [-0.39, 0.29) is 23.2 Å². The van der Waals surface area contributed by atoms with E-state index in [1.807, 2.05) is 0 Å². The minimum atomic E-state index is -0.360. The number of benzene rings is 2. The maximum absolute atomic E-state index is 13.5. The summed E-state index contributed by atoms with van der Waals surface area (Å²) in [7, 11) is 1.73. The van der Waals surface area contributed by atoms with Crippen LogP contribution in [0, 0.1) is 12.7 Å². The van der Waals surface area contributed by atoms with Gasteiger partial charge in [-0.1, -0.05) is 0 Å². The van der Waals surface area contributed by atoms with Gasteiger partial charge < -0.3 is 5.32 Å². The summed E-state index contributed by atoms with van der Waals surface area (Å²) in [5.41, 5.74) is 3.42. The fraction of sp³-hybridized carbons (Fsp3) is 0.150. The first-order valence-corrected chi connectivity index (χ1v) is 8.08. The van der Waals surface area contributed by atoms with Crippen molar-refractivity contribution in [1.29, 1.82) is 0 Å². The van der Waals surface area contributed by atoms with Crippen LogP contribution in [0.5, 0.6) is 0 Å². The molecule has 0 radical (unpaired) electrons. The van der Waals surface area contributed by atoms with Crippen LogP contribution in [0.25, 0.3) is 11.3 Å². The van der Waals surface area contributed by atoms with Gasteiger partial charge in [0.2, 0.25) is 0 Å². The second-order valence-corrected chi connectivity index (χ2v) is 6.09. The Labute approximate surface area is 150 Å². The zero-order chi connectivity index (χ0) is 18.8. The third kappa shape index (κ3) is 3.54. The van der Waals surface area contributed by atoms with Crippen LogP contribution >= 0.6 is 0 Å². The Morgan fingerprint density at radius 3 is 2.38 bits per heavy atom. The molecule has 0 atom stereocenters. The minimum Gasteiger partial charge on any atom is -0.321 e. The summed E-state index contributed by atoms with van der Waals surface area (Å²) in [5, 5.41) is 6.99. The Kier molecular flexibility index (Phi) is 4.67. The summed E-state index contributed by atoms with van der Waals surface area (Å²) in [6.07, 6.45) is 0. The van der Waals surface area contributed by atoms with Crippen molar-refractivity contribution in [3.8, 4) is 11.3 Å². The highest BCUT2D eigenvalue weighted by molar-refractivity contribution is 6.04. The highest BCUT2D eigenvalue weighted by Crippen LogP contribution is 2.23. The van der Waals surface area contributed by atoms with Crippen LogP contribution in [-0.4, -0.2) is 21.5 Å². The average molecular weight is 351 g/mol. The number of hydrogen-bond acceptors (Lipinski definition) is 3. The van der Waals surface area contributed by atoms with Gasteiger partial charge in [0.25, 0.3) is 5.91 Å². The molecular formula is C20H18FN3O2. The largest absolute Gasteiger partial charge is 0.321 e. The standard InChI is InChI=1S/C20H18FN3O2/c1-12-10-15(6-9-17(12)21)19-11-18(23-24(19)3)20(26)22-16-7-4-14(5-8-16)13(2)25/h4-11H,1-3H3,(H,22,26). The third-order valence-corrected chi connectivity index (χ3v) is 4.12. The average Bonchev–Trinajstić information content (AvgIpc) is 3.00. The maximum Gasteiger partial charge on any atom is 0.276 e. The molecule has 1 heterocycles. The van der Waals surface area contributed by atoms with Crippen molar-refractivity contribution < 1.29 is 14.0 Å². The van der Waals surface area contributed by atoms with Gasteiger partial charge in [0.05, 0.1) is 5.69 Å². The van der Waals surface area contributed by atoms with E-state index >= 15 is 0 Å². The number of halogens is 1. The van der Waals surface area contributed by atoms with Gasteiger partial charge in [-0.15, -0.1) is 0 Å². The maximum atomic E-state index is 13.5. The van der Waals surface area contributed by atoms with Gasteiger partial charge in [-0.3, -0.25) is 14.3 Å². The van der Waals surface area contributed by atoms with Crippen LogP contribution in [0.15, 0.2) is 48.5 Å². The lowest BCUT2D eigenvalue weighted by Gasteiger charge is -2.03. The molecule has 1 aromatic heterocycles. The molecule has 6 heteroatoms. The van der Waals surface area contributed by atoms with Gasteiger partial charge in [0.1, 0.15) is 5.82 Å². The summed E-state index contributed by atoms with van der Waals surface area (Å²) < 4.78 is 15.0. The molecule has 0 fully saturated rings. The number of nitrogens with zero attached hydrogens (tertiary/aromatic N) is 2. The molecule has 1 N–H and O–H groups in total. The Hall–Kier alpha value is -3.28. The highest BCUT2D eigenvalue weighted by atomic mass is 19.1. The molecular weight excluding hydrogens is 333 g/mol. The van der Waals surface area contributed by atoms with Crippen LogP contribution in [0.4, 0.5) is 10.1 Å². The summed E-state index contributed by atoms with van der Waals surface area (Å²) in [6.45, 7) is 3.17. The normalized spacial score (nSPS) is 10.6. The Balaban J connectivity index is 1.82. The van der Waals surface area contributed by atoms with Gasteiger partial charge in [-0.05, 0) is 67.9 Å². The van der Waals surface area contributed by atoms with E-state index < -0.39 is 0 Å². The molecule has 0 bridgehead atoms. The first-order chi connectivity index (χ1) is 12.3. The number of anilines is 1. The third-order valence-electron chi connectivity index (χ3n) is 4.12. The zero-order valence-corrected chi connectivity index (χ0v) is 14.7. The van der Waals surface area contributed by atoms with Crippen LogP contribution in [0.1, 0.15) is 33.3 Å². The summed E-state index contributed by atoms with van der Waals surface area (Å²) in [4.78, 5) is 23.7. The van der Waals surface area contributed by atoms with Gasteiger partial charge in [0, 0.05) is 23.9 Å². The number of nitrogens with one attached hydrogen (secondary N) is 1. The number of rotatable bonds is 4. The minimum absolute atomic E-state index is 0.0353. The van der Waals surface area contributed by atoms with E-state index in [1.54, 1.807) is 61.1 Å². The van der Waals surface area contributed by atoms with Crippen molar-refractivity contribution in [2.24, 2.45) is 7.05 Å². The monoisotopic (exact) mass is 351 g/mol. The lowest BCUT2D eigenvalue weighted by molar-refractivity contribution is 0.101. The van der Waals surface area contributed by atoms with Crippen LogP contribution in [0.2, 0.25) is 0 Å². The van der Waals surface area contributed by atoms with Crippen molar-refractivity contribution in [3.05, 3.63) is 71.2 Å². The number of Topliss-reactive ketones (excluding diaryl/α,β-unsaturated/α-hetero) is 1. The van der Waals surface area contributed by atoms with Crippen molar-refractivity contribution in [1.82, 2.24) is 9.78 Å². The van der Waals surface area contributed by atoms with E-state index in [0.717, 1.165) is 5.56 Å². The molecule has 5 nitrogen and oxygen atoms in total. The number of aryl methyl sites for hydroxylation is 2. The molecule has 0 aliphatic heterocycles. The number of carbonyl (C=O) groups excluding carboxylic acids is 2. The lowest BCUT2D eigenvalue weighted by Crippen LogP contribution is -2.13. The smallest absolute Gasteiger partial charge is 0.276 e. The van der Waals surface area contributed by atoms with E-state index in [9.17, 15) is 14.0 Å². The molecule has 3 aromatic rings. The van der Waals surface area contributed by atoms with Crippen molar-refractivity contribution in [2.75, 3.05) is 5.32 Å². The molecule has 26 heavy (non-hydrogen) atoms. The number of amides is 1. The molecule has 1 amide bonds. The SMILES string of the molecule is CC(=O)c1ccc(NC(=O)c2cc(-c3ccc(F)c(C)c3)n(C)n2)cc1. The van der Waals surface area contributed by atoms with Crippen molar-refractivity contribution in [2.45, 2.75) is 13.8 Å². The molecule has 0 aliphatic carbocycles. The van der Waals surface area contributed by atoms with Crippen LogP contribution in [-0.2, 0) is 7.05 Å². The summed E-state index contributed by atoms with van der Waals surface area (Å²) >= 11 is 0. The van der Waals surface area contributed by atoms with Gasteiger partial charge in [-0.25, -0.2) is 4.39 Å². The quantitative estimate of drug-likeness (QED) is 0.723. The second kappa shape index (κ2) is 6.92. The second-order valence-electron chi connectivity index (χ2n) is 6.09. The van der Waals surface area contributed by atoms with E-state index in [0.29, 0.717) is 22.5 Å². The Morgan fingerprint density at radius 1 is 1.08 bits per heavy atom. The molecule has 0 aliphatic rings. The first-order valence-electron chi connectivity index (χ1n) is 8.08. The summed E-state index contributed by atoms with van der Waals surface area (Å²) in [5.74, 6) is -0.670. The van der Waals surface area contributed by atoms with E-state index in [1.165, 1.54) is 13.0 Å². The first kappa shape index (κ1) is 17.5. The Bertz CT molecular complexity index is 991. The molecule has 0 saturated heterocycles. The predicted molar refractivity (Wildman–Crippen MR) is 97.7 cm³/mol. The highest BCUT2D eigenvalue weighted by Gasteiger charge is 2.15. The number of aromatic nitrogens is 2.